The lowest BCUT2D eigenvalue weighted by atomic mass is 9.97. The zero-order valence-electron chi connectivity index (χ0n) is 26.3. The Kier molecular flexibility index (Phi) is 12.2. The van der Waals surface area contributed by atoms with Gasteiger partial charge in [0.25, 0.3) is 5.91 Å². The number of unbranched alkanes of at least 4 members (excludes halogenated alkanes) is 2. The molecule has 0 radical (unpaired) electrons. The second kappa shape index (κ2) is 14.9. The van der Waals surface area contributed by atoms with Crippen molar-refractivity contribution < 1.29 is 24.2 Å². The molecule has 0 saturated heterocycles. The predicted molar refractivity (Wildman–Crippen MR) is 164 cm³/mol. The summed E-state index contributed by atoms with van der Waals surface area (Å²) in [5, 5.41) is 16.1. The molecule has 0 aliphatic heterocycles. The number of hydrogen-bond acceptors (Lipinski definition) is 5. The number of carbonyl (C=O) groups is 3. The molecule has 0 fully saturated rings. The van der Waals surface area contributed by atoms with Gasteiger partial charge in [-0.15, -0.1) is 0 Å². The molecule has 0 aliphatic carbocycles. The van der Waals surface area contributed by atoms with E-state index in [0.29, 0.717) is 36.2 Å². The Morgan fingerprint density at radius 3 is 2.15 bits per heavy atom. The standard InChI is InChI=1S/C33H49N3O5/c1-10-11-12-18-36(31(39)26(19-21(2)3)34-32(40)41-33(7,8)9)29(25-16-17-27(37)24(6)20-25)30(38)35-28-22(4)14-13-15-23(28)5/h13-17,20-21,26,29,37H,10-12,18-19H2,1-9H3,(H,34,40)(H,35,38). The number of amides is 3. The molecule has 226 valence electrons. The molecule has 0 bridgehead atoms. The van der Waals surface area contributed by atoms with Crippen molar-refractivity contribution in [1.82, 2.24) is 10.2 Å². The number of rotatable bonds is 12. The summed E-state index contributed by atoms with van der Waals surface area (Å²) in [4.78, 5) is 42.9. The summed E-state index contributed by atoms with van der Waals surface area (Å²) in [7, 11) is 0. The number of nitrogens with zero attached hydrogens (tertiary/aromatic N) is 1. The number of phenolic OH excluding ortho intramolecular Hbond substituents is 1. The van der Waals surface area contributed by atoms with E-state index < -0.39 is 23.8 Å². The molecule has 8 nitrogen and oxygen atoms in total. The summed E-state index contributed by atoms with van der Waals surface area (Å²) >= 11 is 0. The minimum atomic E-state index is -0.993. The molecule has 0 saturated carbocycles. The van der Waals surface area contributed by atoms with Crippen LogP contribution in [0.2, 0.25) is 0 Å². The lowest BCUT2D eigenvalue weighted by molar-refractivity contribution is -0.141. The van der Waals surface area contributed by atoms with Gasteiger partial charge in [-0.3, -0.25) is 9.59 Å². The predicted octanol–water partition coefficient (Wildman–Crippen LogP) is 6.96. The second-order valence-corrected chi connectivity index (χ2v) is 12.3. The number of carbonyl (C=O) groups excluding carboxylic acids is 3. The van der Waals surface area contributed by atoms with E-state index in [-0.39, 0.29) is 23.5 Å². The molecule has 2 unspecified atom stereocenters. The quantitative estimate of drug-likeness (QED) is 0.240. The highest BCUT2D eigenvalue weighted by molar-refractivity contribution is 6.00. The maximum atomic E-state index is 14.4. The monoisotopic (exact) mass is 567 g/mol. The van der Waals surface area contributed by atoms with E-state index >= 15 is 0 Å². The number of phenols is 1. The number of anilines is 1. The van der Waals surface area contributed by atoms with Crippen molar-refractivity contribution in [1.29, 1.82) is 0 Å². The van der Waals surface area contributed by atoms with Gasteiger partial charge in [0.15, 0.2) is 0 Å². The fraction of sp³-hybridized carbons (Fsp3) is 0.545. The normalized spacial score (nSPS) is 12.9. The van der Waals surface area contributed by atoms with Crippen molar-refractivity contribution in [3.63, 3.8) is 0 Å². The first-order valence-electron chi connectivity index (χ1n) is 14.6. The number of alkyl carbamates (subject to hydrolysis) is 1. The number of ether oxygens (including phenoxy) is 1. The molecule has 0 heterocycles. The third-order valence-electron chi connectivity index (χ3n) is 6.81. The van der Waals surface area contributed by atoms with Gasteiger partial charge in [-0.25, -0.2) is 4.79 Å². The Morgan fingerprint density at radius 2 is 1.61 bits per heavy atom. The van der Waals surface area contributed by atoms with Crippen LogP contribution < -0.4 is 10.6 Å². The third kappa shape index (κ3) is 10.1. The molecule has 0 aromatic heterocycles. The maximum Gasteiger partial charge on any atom is 0.408 e. The number of aromatic hydroxyl groups is 1. The summed E-state index contributed by atoms with van der Waals surface area (Å²) in [5.74, 6) is -0.518. The van der Waals surface area contributed by atoms with Crippen LogP contribution in [0.25, 0.3) is 0 Å². The second-order valence-electron chi connectivity index (χ2n) is 12.3. The van der Waals surface area contributed by atoms with Gasteiger partial charge in [0.05, 0.1) is 0 Å². The summed E-state index contributed by atoms with van der Waals surface area (Å²) in [6.45, 7) is 17.3. The van der Waals surface area contributed by atoms with Crippen LogP contribution in [-0.2, 0) is 14.3 Å². The summed E-state index contributed by atoms with van der Waals surface area (Å²) < 4.78 is 5.48. The van der Waals surface area contributed by atoms with E-state index in [1.54, 1.807) is 50.8 Å². The lowest BCUT2D eigenvalue weighted by Crippen LogP contribution is -2.53. The van der Waals surface area contributed by atoms with Crippen LogP contribution in [0.15, 0.2) is 36.4 Å². The van der Waals surface area contributed by atoms with E-state index in [1.165, 1.54) is 0 Å². The smallest absolute Gasteiger partial charge is 0.408 e. The van der Waals surface area contributed by atoms with Crippen LogP contribution in [0.4, 0.5) is 10.5 Å². The van der Waals surface area contributed by atoms with Gasteiger partial charge in [0, 0.05) is 12.2 Å². The molecule has 3 amide bonds. The van der Waals surface area contributed by atoms with Crippen molar-refractivity contribution in [2.24, 2.45) is 5.92 Å². The van der Waals surface area contributed by atoms with Gasteiger partial charge >= 0.3 is 6.09 Å². The zero-order valence-corrected chi connectivity index (χ0v) is 26.3. The number of aryl methyl sites for hydroxylation is 3. The number of hydrogen-bond donors (Lipinski definition) is 3. The molecule has 0 spiro atoms. The van der Waals surface area contributed by atoms with E-state index in [9.17, 15) is 19.5 Å². The summed E-state index contributed by atoms with van der Waals surface area (Å²) in [6.07, 6.45) is 2.20. The van der Waals surface area contributed by atoms with E-state index in [0.717, 1.165) is 24.0 Å². The van der Waals surface area contributed by atoms with Gasteiger partial charge in [0.1, 0.15) is 23.4 Å². The molecule has 3 N–H and O–H groups in total. The van der Waals surface area contributed by atoms with Gasteiger partial charge < -0.3 is 25.4 Å². The van der Waals surface area contributed by atoms with Crippen molar-refractivity contribution in [2.75, 3.05) is 11.9 Å². The van der Waals surface area contributed by atoms with E-state index in [2.05, 4.69) is 17.6 Å². The SMILES string of the molecule is CCCCCN(C(=O)C(CC(C)C)NC(=O)OC(C)(C)C)C(C(=O)Nc1c(C)cccc1C)c1ccc(O)c(C)c1. The molecular weight excluding hydrogens is 518 g/mol. The molecule has 2 atom stereocenters. The fourth-order valence-electron chi connectivity index (χ4n) is 4.77. The average Bonchev–Trinajstić information content (AvgIpc) is 2.85. The molecule has 0 aliphatic rings. The van der Waals surface area contributed by atoms with Gasteiger partial charge in [0.2, 0.25) is 5.91 Å². The number of para-hydroxylation sites is 1. The van der Waals surface area contributed by atoms with Crippen LogP contribution in [-0.4, -0.2) is 46.1 Å². The van der Waals surface area contributed by atoms with Crippen LogP contribution in [0, 0.1) is 26.7 Å². The largest absolute Gasteiger partial charge is 0.508 e. The first-order valence-corrected chi connectivity index (χ1v) is 14.6. The molecule has 41 heavy (non-hydrogen) atoms. The van der Waals surface area contributed by atoms with E-state index in [1.807, 2.05) is 45.9 Å². The van der Waals surface area contributed by atoms with Crippen LogP contribution in [0.3, 0.4) is 0 Å². The average molecular weight is 568 g/mol. The Bertz CT molecular complexity index is 1180. The Morgan fingerprint density at radius 1 is 0.976 bits per heavy atom. The lowest BCUT2D eigenvalue weighted by Gasteiger charge is -2.35. The molecule has 2 aromatic carbocycles. The summed E-state index contributed by atoms with van der Waals surface area (Å²) in [5.41, 5.74) is 2.96. The highest BCUT2D eigenvalue weighted by atomic mass is 16.6. The van der Waals surface area contributed by atoms with Crippen molar-refractivity contribution in [2.45, 2.75) is 106 Å². The minimum absolute atomic E-state index is 0.0918. The molecule has 2 rings (SSSR count). The first-order chi connectivity index (χ1) is 19.1. The highest BCUT2D eigenvalue weighted by Crippen LogP contribution is 2.30. The first kappa shape index (κ1) is 33.7. The van der Waals surface area contributed by atoms with Crippen molar-refractivity contribution in [3.8, 4) is 5.75 Å². The Balaban J connectivity index is 2.62. The van der Waals surface area contributed by atoms with Gasteiger partial charge in [-0.05, 0) is 94.7 Å². The molecular formula is C33H49N3O5. The molecule has 8 heteroatoms. The highest BCUT2D eigenvalue weighted by Gasteiger charge is 2.37. The zero-order chi connectivity index (χ0) is 30.9. The third-order valence-corrected chi connectivity index (χ3v) is 6.81. The Labute approximate surface area is 245 Å². The van der Waals surface area contributed by atoms with Crippen LogP contribution in [0.1, 0.15) is 95.5 Å². The topological polar surface area (TPSA) is 108 Å². The van der Waals surface area contributed by atoms with Crippen LogP contribution >= 0.6 is 0 Å². The van der Waals surface area contributed by atoms with Crippen molar-refractivity contribution >= 4 is 23.6 Å². The van der Waals surface area contributed by atoms with Crippen LogP contribution in [0.5, 0.6) is 5.75 Å². The number of nitrogens with one attached hydrogen (secondary N) is 2. The van der Waals surface area contributed by atoms with E-state index in [4.69, 9.17) is 4.74 Å². The van der Waals surface area contributed by atoms with Gasteiger partial charge in [-0.2, -0.15) is 0 Å². The fourth-order valence-corrected chi connectivity index (χ4v) is 4.77. The maximum absolute atomic E-state index is 14.4. The minimum Gasteiger partial charge on any atom is -0.508 e. The number of benzene rings is 2. The Hall–Kier alpha value is -3.55. The van der Waals surface area contributed by atoms with Gasteiger partial charge in [-0.1, -0.05) is 57.9 Å². The van der Waals surface area contributed by atoms with Crippen molar-refractivity contribution in [3.05, 3.63) is 58.7 Å². The summed E-state index contributed by atoms with van der Waals surface area (Å²) in [6, 6.07) is 8.86. The molecule has 2 aromatic rings.